The zero-order valence-corrected chi connectivity index (χ0v) is 20.0. The molecular weight excluding hydrogens is 483 g/mol. The maximum absolute atomic E-state index is 13.2. The van der Waals surface area contributed by atoms with Crippen LogP contribution in [0.15, 0.2) is 52.7 Å². The summed E-state index contributed by atoms with van der Waals surface area (Å²) in [4.78, 5) is 31.7. The van der Waals surface area contributed by atoms with Crippen LogP contribution < -0.4 is 9.47 Å². The molecule has 1 aromatic carbocycles. The van der Waals surface area contributed by atoms with Crippen LogP contribution in [0.1, 0.15) is 28.7 Å². The highest BCUT2D eigenvalue weighted by Gasteiger charge is 2.48. The minimum absolute atomic E-state index is 0.00836. The summed E-state index contributed by atoms with van der Waals surface area (Å²) in [6.07, 6.45) is 3.20. The third-order valence-electron chi connectivity index (χ3n) is 5.44. The lowest BCUT2D eigenvalue weighted by atomic mass is 9.98. The van der Waals surface area contributed by atoms with Crippen molar-refractivity contribution in [1.29, 1.82) is 0 Å². The number of halogens is 2. The molecule has 1 aliphatic heterocycles. The molecule has 10 heteroatoms. The summed E-state index contributed by atoms with van der Waals surface area (Å²) in [5, 5.41) is 11.4. The zero-order chi connectivity index (χ0) is 24.6. The van der Waals surface area contributed by atoms with E-state index in [1.54, 1.807) is 43.6 Å². The number of aromatic nitrogens is 1. The molecule has 1 saturated heterocycles. The van der Waals surface area contributed by atoms with Crippen LogP contribution in [0.3, 0.4) is 0 Å². The predicted octanol–water partition coefficient (Wildman–Crippen LogP) is 4.93. The molecule has 0 aliphatic carbocycles. The summed E-state index contributed by atoms with van der Waals surface area (Å²) in [5.41, 5.74) is 0.551. The Balaban J connectivity index is 1.93. The number of hydrogen-bond acceptors (Lipinski definition) is 7. The van der Waals surface area contributed by atoms with Crippen molar-refractivity contribution in [3.8, 4) is 11.5 Å². The van der Waals surface area contributed by atoms with E-state index in [0.717, 1.165) is 0 Å². The molecule has 2 aromatic heterocycles. The van der Waals surface area contributed by atoms with E-state index in [2.05, 4.69) is 4.98 Å². The predicted molar refractivity (Wildman–Crippen MR) is 125 cm³/mol. The van der Waals surface area contributed by atoms with Gasteiger partial charge in [0.2, 0.25) is 0 Å². The number of methoxy groups -OCH3 is 2. The van der Waals surface area contributed by atoms with E-state index >= 15 is 0 Å². The monoisotopic (exact) mass is 502 g/mol. The molecule has 176 valence electrons. The molecule has 3 heterocycles. The van der Waals surface area contributed by atoms with Gasteiger partial charge in [-0.05, 0) is 36.8 Å². The summed E-state index contributed by atoms with van der Waals surface area (Å²) in [6, 6.07) is 7.23. The first-order valence-corrected chi connectivity index (χ1v) is 10.9. The summed E-state index contributed by atoms with van der Waals surface area (Å²) in [6.45, 7) is 1.81. The first kappa shape index (κ1) is 23.7. The summed E-state index contributed by atoms with van der Waals surface area (Å²) >= 11 is 12.7. The Labute approximate surface area is 205 Å². The number of aliphatic hydroxyl groups is 1. The second kappa shape index (κ2) is 9.40. The van der Waals surface area contributed by atoms with E-state index in [0.29, 0.717) is 17.1 Å². The van der Waals surface area contributed by atoms with Gasteiger partial charge in [0.05, 0.1) is 30.4 Å². The molecule has 0 radical (unpaired) electrons. The molecule has 3 aromatic rings. The molecule has 1 amide bonds. The lowest BCUT2D eigenvalue weighted by Gasteiger charge is -2.23. The molecule has 0 spiro atoms. The van der Waals surface area contributed by atoms with E-state index in [1.165, 1.54) is 25.2 Å². The van der Waals surface area contributed by atoms with Crippen molar-refractivity contribution < 1.29 is 28.6 Å². The number of carbonyl (C=O) groups excluding carboxylic acids is 2. The fourth-order valence-corrected chi connectivity index (χ4v) is 4.61. The molecular formula is C24H20Cl2N2O6. The standard InChI is InChI=1S/C24H20Cl2N2O6/c1-12-6-7-16(34-12)19-17(21(30)24(31)28(19)11-13-5-4-8-27-10-13)20(29)14-9-15(25)23(33-3)18(26)22(14)32-2/h4-10,19,29H,11H2,1-3H3/b20-17+. The summed E-state index contributed by atoms with van der Waals surface area (Å²) in [7, 11) is 2.73. The van der Waals surface area contributed by atoms with E-state index in [9.17, 15) is 14.7 Å². The average Bonchev–Trinajstić information content (AvgIpc) is 3.35. The number of nitrogens with zero attached hydrogens (tertiary/aromatic N) is 2. The molecule has 1 unspecified atom stereocenters. The SMILES string of the molecule is COc1c(Cl)cc(/C(O)=C2\C(=O)C(=O)N(Cc3cccnc3)C2c2ccc(C)o2)c(OC)c1Cl. The fraction of sp³-hybridized carbons (Fsp3) is 0.208. The number of Topliss-reactive ketones (excluding diaryl/α,β-unsaturated/α-hetero) is 1. The number of hydrogen-bond donors (Lipinski definition) is 1. The van der Waals surface area contributed by atoms with Gasteiger partial charge in [-0.2, -0.15) is 0 Å². The quantitative estimate of drug-likeness (QED) is 0.289. The van der Waals surface area contributed by atoms with Crippen molar-refractivity contribution in [2.45, 2.75) is 19.5 Å². The van der Waals surface area contributed by atoms with E-state index in [4.69, 9.17) is 37.1 Å². The highest BCUT2D eigenvalue weighted by molar-refractivity contribution is 6.46. The van der Waals surface area contributed by atoms with E-state index in [1.807, 2.05) is 0 Å². The van der Waals surface area contributed by atoms with Crippen molar-refractivity contribution >= 4 is 40.7 Å². The number of pyridine rings is 1. The van der Waals surface area contributed by atoms with Gasteiger partial charge in [0, 0.05) is 18.9 Å². The van der Waals surface area contributed by atoms with Crippen LogP contribution in [0, 0.1) is 6.92 Å². The maximum Gasteiger partial charge on any atom is 0.296 e. The number of aryl methyl sites for hydroxylation is 1. The minimum atomic E-state index is -1.00. The number of ketones is 1. The van der Waals surface area contributed by atoms with Crippen molar-refractivity contribution in [2.75, 3.05) is 14.2 Å². The lowest BCUT2D eigenvalue weighted by Crippen LogP contribution is -2.29. The van der Waals surface area contributed by atoms with Crippen LogP contribution in [-0.4, -0.2) is 40.9 Å². The molecule has 0 bridgehead atoms. The number of benzene rings is 1. The number of rotatable bonds is 6. The Morgan fingerprint density at radius 3 is 2.50 bits per heavy atom. The molecule has 4 rings (SSSR count). The molecule has 1 atom stereocenters. The number of carbonyl (C=O) groups is 2. The average molecular weight is 503 g/mol. The molecule has 1 N–H and O–H groups in total. The normalized spacial score (nSPS) is 17.3. The second-order valence-corrected chi connectivity index (χ2v) is 8.31. The van der Waals surface area contributed by atoms with E-state index < -0.39 is 23.5 Å². The highest BCUT2D eigenvalue weighted by atomic mass is 35.5. The van der Waals surface area contributed by atoms with Crippen molar-refractivity contribution in [2.24, 2.45) is 0 Å². The van der Waals surface area contributed by atoms with Gasteiger partial charge in [-0.25, -0.2) is 0 Å². The maximum atomic E-state index is 13.2. The molecule has 0 saturated carbocycles. The number of ether oxygens (including phenoxy) is 2. The Morgan fingerprint density at radius 2 is 1.91 bits per heavy atom. The summed E-state index contributed by atoms with van der Waals surface area (Å²) < 4.78 is 16.4. The van der Waals surface area contributed by atoms with Gasteiger partial charge in [-0.15, -0.1) is 0 Å². The highest BCUT2D eigenvalue weighted by Crippen LogP contribution is 2.47. The Bertz CT molecular complexity index is 1300. The smallest absolute Gasteiger partial charge is 0.296 e. The topological polar surface area (TPSA) is 102 Å². The van der Waals surface area contributed by atoms with Crippen molar-refractivity contribution in [3.63, 3.8) is 0 Å². The minimum Gasteiger partial charge on any atom is -0.507 e. The van der Waals surface area contributed by atoms with Gasteiger partial charge in [0.1, 0.15) is 28.3 Å². The fourth-order valence-electron chi connectivity index (χ4n) is 3.92. The Hall–Kier alpha value is -3.49. The number of likely N-dealkylation sites (tertiary alicyclic amines) is 1. The van der Waals surface area contributed by atoms with Gasteiger partial charge in [0.15, 0.2) is 11.5 Å². The van der Waals surface area contributed by atoms with Crippen LogP contribution in [0.4, 0.5) is 0 Å². The van der Waals surface area contributed by atoms with Gasteiger partial charge < -0.3 is 23.9 Å². The molecule has 8 nitrogen and oxygen atoms in total. The molecule has 34 heavy (non-hydrogen) atoms. The number of furan rings is 1. The second-order valence-electron chi connectivity index (χ2n) is 7.52. The molecule has 1 aliphatic rings. The zero-order valence-electron chi connectivity index (χ0n) is 18.5. The van der Waals surface area contributed by atoms with Gasteiger partial charge in [-0.3, -0.25) is 14.6 Å². The Kier molecular flexibility index (Phi) is 6.54. The van der Waals surface area contributed by atoms with Gasteiger partial charge in [0.25, 0.3) is 11.7 Å². The largest absolute Gasteiger partial charge is 0.507 e. The van der Waals surface area contributed by atoms with Crippen LogP contribution in [0.5, 0.6) is 11.5 Å². The van der Waals surface area contributed by atoms with Crippen molar-refractivity contribution in [3.05, 3.63) is 81.0 Å². The van der Waals surface area contributed by atoms with E-state index in [-0.39, 0.29) is 39.2 Å². The third-order valence-corrected chi connectivity index (χ3v) is 6.07. The molecule has 1 fully saturated rings. The third kappa shape index (κ3) is 3.99. The van der Waals surface area contributed by atoms with Gasteiger partial charge in [-0.1, -0.05) is 29.3 Å². The number of amides is 1. The first-order chi connectivity index (χ1) is 16.3. The lowest BCUT2D eigenvalue weighted by molar-refractivity contribution is -0.140. The van der Waals surface area contributed by atoms with Crippen LogP contribution in [0.2, 0.25) is 10.0 Å². The van der Waals surface area contributed by atoms with Crippen LogP contribution >= 0.6 is 23.2 Å². The summed E-state index contributed by atoms with van der Waals surface area (Å²) in [5.74, 6) is -1.11. The first-order valence-electron chi connectivity index (χ1n) is 10.1. The number of aliphatic hydroxyl groups excluding tert-OH is 1. The van der Waals surface area contributed by atoms with Crippen molar-refractivity contribution in [1.82, 2.24) is 9.88 Å². The van der Waals surface area contributed by atoms with Gasteiger partial charge >= 0.3 is 0 Å². The van der Waals surface area contributed by atoms with Crippen LogP contribution in [-0.2, 0) is 16.1 Å². The van der Waals surface area contributed by atoms with Crippen LogP contribution in [0.25, 0.3) is 5.76 Å². The Morgan fingerprint density at radius 1 is 1.18 bits per heavy atom.